The molecule has 0 aromatic rings. The Morgan fingerprint density at radius 3 is 2.28 bits per heavy atom. The Balaban J connectivity index is 1.84. The Kier molecular flexibility index (Phi) is 5.89. The number of hydrogen-bond acceptors (Lipinski definition) is 3. The largest absolute Gasteiger partial charge is 0.444 e. The van der Waals surface area contributed by atoms with Crippen molar-refractivity contribution in [3.63, 3.8) is 0 Å². The molecule has 2 saturated carbocycles. The summed E-state index contributed by atoms with van der Waals surface area (Å²) in [5.74, 6) is 1.75. The van der Waals surface area contributed by atoms with Crippen molar-refractivity contribution in [2.24, 2.45) is 16.3 Å². The van der Waals surface area contributed by atoms with Gasteiger partial charge in [-0.3, -0.25) is 4.99 Å². The summed E-state index contributed by atoms with van der Waals surface area (Å²) in [5, 5.41) is 9.70. The van der Waals surface area contributed by atoms with Crippen molar-refractivity contribution < 1.29 is 9.53 Å². The van der Waals surface area contributed by atoms with Gasteiger partial charge in [0.15, 0.2) is 5.96 Å². The predicted molar refractivity (Wildman–Crippen MR) is 102 cm³/mol. The van der Waals surface area contributed by atoms with Gasteiger partial charge in [0.2, 0.25) is 0 Å². The van der Waals surface area contributed by atoms with E-state index in [0.29, 0.717) is 12.0 Å². The summed E-state index contributed by atoms with van der Waals surface area (Å²) in [6.45, 7) is 13.9. The molecule has 0 spiro atoms. The number of nitrogens with zero attached hydrogens (tertiary/aromatic N) is 1. The number of amides is 1. The van der Waals surface area contributed by atoms with Gasteiger partial charge in [-0.05, 0) is 78.6 Å². The van der Waals surface area contributed by atoms with Crippen LogP contribution >= 0.6 is 0 Å². The van der Waals surface area contributed by atoms with Gasteiger partial charge in [-0.15, -0.1) is 0 Å². The molecule has 25 heavy (non-hydrogen) atoms. The number of alkyl carbamates (subject to hydrolysis) is 1. The smallest absolute Gasteiger partial charge is 0.408 e. The fourth-order valence-electron chi connectivity index (χ4n) is 3.08. The quantitative estimate of drug-likeness (QED) is 0.486. The number of nitrogens with one attached hydrogen (secondary N) is 3. The van der Waals surface area contributed by atoms with E-state index in [9.17, 15) is 4.79 Å². The van der Waals surface area contributed by atoms with E-state index in [2.05, 4.69) is 27.9 Å². The molecule has 144 valence electrons. The highest BCUT2D eigenvalue weighted by Gasteiger charge is 2.53. The molecule has 0 aromatic heterocycles. The highest BCUT2D eigenvalue weighted by molar-refractivity contribution is 5.80. The maximum Gasteiger partial charge on any atom is 0.408 e. The molecule has 2 aliphatic rings. The normalized spacial score (nSPS) is 20.0. The third-order valence-electron chi connectivity index (χ3n) is 4.76. The van der Waals surface area contributed by atoms with Crippen LogP contribution in [0.5, 0.6) is 0 Å². The molecule has 0 heterocycles. The lowest BCUT2D eigenvalue weighted by molar-refractivity contribution is 0.0476. The summed E-state index contributed by atoms with van der Waals surface area (Å²) in [7, 11) is 0. The van der Waals surface area contributed by atoms with Crippen molar-refractivity contribution in [1.29, 1.82) is 0 Å². The number of rotatable bonds is 7. The van der Waals surface area contributed by atoms with E-state index in [4.69, 9.17) is 4.74 Å². The van der Waals surface area contributed by atoms with Gasteiger partial charge in [-0.25, -0.2) is 4.79 Å². The van der Waals surface area contributed by atoms with Gasteiger partial charge in [-0.1, -0.05) is 0 Å². The molecule has 0 saturated heterocycles. The first-order valence-corrected chi connectivity index (χ1v) is 9.59. The van der Waals surface area contributed by atoms with Gasteiger partial charge in [0, 0.05) is 13.1 Å². The minimum Gasteiger partial charge on any atom is -0.444 e. The van der Waals surface area contributed by atoms with Crippen LogP contribution in [0, 0.1) is 11.3 Å². The Morgan fingerprint density at radius 1 is 1.16 bits per heavy atom. The lowest BCUT2D eigenvalue weighted by Crippen LogP contribution is -2.49. The van der Waals surface area contributed by atoms with E-state index in [1.807, 2.05) is 34.6 Å². The SMILES string of the molecule is CCNC(=NCC(C)(C)NC(=O)OC(C)(C)C)NCC1(C2CC2)CC1. The second-order valence-corrected chi connectivity index (χ2v) is 9.20. The third kappa shape index (κ3) is 6.75. The van der Waals surface area contributed by atoms with Crippen LogP contribution in [0.3, 0.4) is 0 Å². The molecule has 0 aliphatic heterocycles. The molecule has 0 atom stereocenters. The first kappa shape index (κ1) is 19.9. The zero-order valence-electron chi connectivity index (χ0n) is 16.8. The number of ether oxygens (including phenoxy) is 1. The van der Waals surface area contributed by atoms with Crippen LogP contribution in [-0.4, -0.2) is 42.8 Å². The van der Waals surface area contributed by atoms with Gasteiger partial charge >= 0.3 is 6.09 Å². The topological polar surface area (TPSA) is 74.8 Å². The standard InChI is InChI=1S/C19H36N4O2/c1-7-20-15(22-13-19(10-11-19)14-8-9-14)21-12-18(5,6)23-16(24)25-17(2,3)4/h14H,7-13H2,1-6H3,(H,23,24)(H2,20,21,22). The zero-order valence-corrected chi connectivity index (χ0v) is 16.8. The van der Waals surface area contributed by atoms with Crippen molar-refractivity contribution in [3.8, 4) is 0 Å². The van der Waals surface area contributed by atoms with Crippen LogP contribution in [0.25, 0.3) is 0 Å². The monoisotopic (exact) mass is 352 g/mol. The van der Waals surface area contributed by atoms with Gasteiger partial charge in [0.1, 0.15) is 5.60 Å². The van der Waals surface area contributed by atoms with Crippen molar-refractivity contribution >= 4 is 12.1 Å². The predicted octanol–water partition coefficient (Wildman–Crippen LogP) is 3.04. The molecule has 2 rings (SSSR count). The van der Waals surface area contributed by atoms with Crippen LogP contribution in [0.4, 0.5) is 4.79 Å². The number of aliphatic imine (C=N–C) groups is 1. The summed E-state index contributed by atoms with van der Waals surface area (Å²) in [6, 6.07) is 0. The summed E-state index contributed by atoms with van der Waals surface area (Å²) >= 11 is 0. The van der Waals surface area contributed by atoms with Crippen LogP contribution in [0.15, 0.2) is 4.99 Å². The summed E-state index contributed by atoms with van der Waals surface area (Å²) in [5.41, 5.74) is -0.444. The first-order valence-electron chi connectivity index (χ1n) is 9.59. The van der Waals surface area contributed by atoms with Gasteiger partial charge in [-0.2, -0.15) is 0 Å². The molecule has 6 nitrogen and oxygen atoms in total. The molecule has 0 unspecified atom stereocenters. The van der Waals surface area contributed by atoms with Gasteiger partial charge < -0.3 is 20.7 Å². The highest BCUT2D eigenvalue weighted by Crippen LogP contribution is 2.60. The fourth-order valence-corrected chi connectivity index (χ4v) is 3.08. The molecule has 6 heteroatoms. The van der Waals surface area contributed by atoms with E-state index in [1.165, 1.54) is 25.7 Å². The van der Waals surface area contributed by atoms with E-state index in [1.54, 1.807) is 0 Å². The molecular formula is C19H36N4O2. The van der Waals surface area contributed by atoms with Crippen LogP contribution in [0.2, 0.25) is 0 Å². The maximum atomic E-state index is 12.0. The number of carbonyl (C=O) groups is 1. The molecule has 0 radical (unpaired) electrons. The molecular weight excluding hydrogens is 316 g/mol. The Labute approximate surface area is 152 Å². The van der Waals surface area contributed by atoms with Crippen molar-refractivity contribution in [1.82, 2.24) is 16.0 Å². The van der Waals surface area contributed by atoms with Gasteiger partial charge in [0.05, 0.1) is 12.1 Å². The highest BCUT2D eigenvalue weighted by atomic mass is 16.6. The fraction of sp³-hybridized carbons (Fsp3) is 0.895. The molecule has 0 bridgehead atoms. The molecule has 3 N–H and O–H groups in total. The van der Waals surface area contributed by atoms with Crippen LogP contribution in [0.1, 0.15) is 67.2 Å². The number of hydrogen-bond donors (Lipinski definition) is 3. The Bertz CT molecular complexity index is 500. The summed E-state index contributed by atoms with van der Waals surface area (Å²) in [4.78, 5) is 16.6. The molecule has 2 aliphatic carbocycles. The molecule has 1 amide bonds. The van der Waals surface area contributed by atoms with Crippen LogP contribution in [-0.2, 0) is 4.74 Å². The maximum absolute atomic E-state index is 12.0. The van der Waals surface area contributed by atoms with Crippen molar-refractivity contribution in [2.75, 3.05) is 19.6 Å². The molecule has 0 aromatic carbocycles. The summed E-state index contributed by atoms with van der Waals surface area (Å²) in [6.07, 6.45) is 5.06. The second kappa shape index (κ2) is 7.42. The minimum absolute atomic E-state index is 0.406. The molecule has 2 fully saturated rings. The minimum atomic E-state index is -0.499. The van der Waals surface area contributed by atoms with Crippen molar-refractivity contribution in [2.45, 2.75) is 78.4 Å². The number of carbonyl (C=O) groups excluding carboxylic acids is 1. The number of guanidine groups is 1. The van der Waals surface area contributed by atoms with E-state index < -0.39 is 17.2 Å². The van der Waals surface area contributed by atoms with Crippen LogP contribution < -0.4 is 16.0 Å². The second-order valence-electron chi connectivity index (χ2n) is 9.20. The lowest BCUT2D eigenvalue weighted by Gasteiger charge is -2.27. The first-order chi connectivity index (χ1) is 11.6. The third-order valence-corrected chi connectivity index (χ3v) is 4.76. The lowest BCUT2D eigenvalue weighted by atomic mass is 10.0. The van der Waals surface area contributed by atoms with Gasteiger partial charge in [0.25, 0.3) is 0 Å². The zero-order chi connectivity index (χ0) is 18.7. The average molecular weight is 353 g/mol. The Hall–Kier alpha value is -1.46. The average Bonchev–Trinajstić information content (AvgIpc) is 3.33. The van der Waals surface area contributed by atoms with E-state index in [-0.39, 0.29) is 0 Å². The van der Waals surface area contributed by atoms with Crippen molar-refractivity contribution in [3.05, 3.63) is 0 Å². The van der Waals surface area contributed by atoms with E-state index in [0.717, 1.165) is 25.0 Å². The summed E-state index contributed by atoms with van der Waals surface area (Å²) < 4.78 is 5.33. The van der Waals surface area contributed by atoms with E-state index >= 15 is 0 Å². The Morgan fingerprint density at radius 2 is 1.80 bits per heavy atom.